The van der Waals surface area contributed by atoms with E-state index in [1.807, 2.05) is 0 Å². The Balaban J connectivity index is 0.000000360. The van der Waals surface area contributed by atoms with Crippen molar-refractivity contribution in [2.75, 3.05) is 0 Å². The first-order chi connectivity index (χ1) is 3.00. The first-order valence-corrected chi connectivity index (χ1v) is 1.64. The number of rotatable bonds is 0. The SMILES string of the molecule is C1=COOC=C1.[Cu]. The average Bonchev–Trinajstić information content (AvgIpc) is 1.72. The van der Waals surface area contributed by atoms with Crippen LogP contribution in [0.5, 0.6) is 0 Å². The molecule has 0 atom stereocenters. The molecule has 0 N–H and O–H groups in total. The Morgan fingerprint density at radius 1 is 0.857 bits per heavy atom. The predicted octanol–water partition coefficient (Wildman–Crippen LogP) is 0.973. The summed E-state index contributed by atoms with van der Waals surface area (Å²) in [6.07, 6.45) is 6.40. The fourth-order valence-electron chi connectivity index (χ4n) is 0.219. The van der Waals surface area contributed by atoms with Gasteiger partial charge in [0.25, 0.3) is 0 Å². The summed E-state index contributed by atoms with van der Waals surface area (Å²) < 4.78 is 0. The van der Waals surface area contributed by atoms with Gasteiger partial charge in [0.1, 0.15) is 12.5 Å². The molecule has 0 saturated heterocycles. The minimum absolute atomic E-state index is 0. The van der Waals surface area contributed by atoms with Crippen LogP contribution in [0.15, 0.2) is 24.7 Å². The molecular weight excluding hydrogens is 144 g/mol. The first-order valence-electron chi connectivity index (χ1n) is 1.64. The zero-order valence-electron chi connectivity index (χ0n) is 3.43. The Morgan fingerprint density at radius 2 is 1.29 bits per heavy atom. The van der Waals surface area contributed by atoms with Crippen molar-refractivity contribution >= 4 is 0 Å². The molecule has 1 aliphatic rings. The van der Waals surface area contributed by atoms with E-state index in [1.54, 1.807) is 12.2 Å². The van der Waals surface area contributed by atoms with Gasteiger partial charge in [-0.05, 0) is 12.2 Å². The van der Waals surface area contributed by atoms with Crippen LogP contribution in [0.4, 0.5) is 0 Å². The second-order valence-electron chi connectivity index (χ2n) is 0.850. The van der Waals surface area contributed by atoms with E-state index in [9.17, 15) is 0 Å². The van der Waals surface area contributed by atoms with Crippen LogP contribution >= 0.6 is 0 Å². The Bertz CT molecular complexity index is 75.7. The molecule has 0 bridgehead atoms. The summed E-state index contributed by atoms with van der Waals surface area (Å²) in [5.41, 5.74) is 0. The van der Waals surface area contributed by atoms with Gasteiger partial charge in [0.15, 0.2) is 0 Å². The molecule has 1 radical (unpaired) electrons. The summed E-state index contributed by atoms with van der Waals surface area (Å²) >= 11 is 0. The molecule has 0 aromatic heterocycles. The van der Waals surface area contributed by atoms with E-state index < -0.39 is 0 Å². The molecule has 0 fully saturated rings. The van der Waals surface area contributed by atoms with Gasteiger partial charge in [0.05, 0.1) is 0 Å². The Labute approximate surface area is 52.2 Å². The van der Waals surface area contributed by atoms with E-state index in [2.05, 4.69) is 9.78 Å². The van der Waals surface area contributed by atoms with Crippen LogP contribution in [0.3, 0.4) is 0 Å². The van der Waals surface area contributed by atoms with Crippen molar-refractivity contribution in [3.05, 3.63) is 24.7 Å². The standard InChI is InChI=1S/C4H4O2.Cu/c1-2-4-6-5-3-1;/h1-4H;. The normalized spacial score (nSPS) is 13.7. The fraction of sp³-hybridized carbons (Fsp3) is 0. The van der Waals surface area contributed by atoms with Crippen molar-refractivity contribution in [2.45, 2.75) is 0 Å². The second kappa shape index (κ2) is 3.78. The van der Waals surface area contributed by atoms with E-state index >= 15 is 0 Å². The van der Waals surface area contributed by atoms with Crippen LogP contribution in [0.1, 0.15) is 0 Å². The van der Waals surface area contributed by atoms with Gasteiger partial charge >= 0.3 is 0 Å². The monoisotopic (exact) mass is 147 g/mol. The molecule has 0 spiro atoms. The molecule has 1 heterocycles. The van der Waals surface area contributed by atoms with Crippen LogP contribution in [0, 0.1) is 0 Å². The minimum atomic E-state index is 0. The summed E-state index contributed by atoms with van der Waals surface area (Å²) in [5.74, 6) is 0. The molecule has 0 aromatic rings. The van der Waals surface area contributed by atoms with E-state index in [-0.39, 0.29) is 17.1 Å². The summed E-state index contributed by atoms with van der Waals surface area (Å²) in [7, 11) is 0. The van der Waals surface area contributed by atoms with Gasteiger partial charge in [-0.1, -0.05) is 0 Å². The van der Waals surface area contributed by atoms with Crippen molar-refractivity contribution < 1.29 is 26.8 Å². The summed E-state index contributed by atoms with van der Waals surface area (Å²) in [6, 6.07) is 0. The van der Waals surface area contributed by atoms with E-state index in [1.165, 1.54) is 12.5 Å². The molecule has 1 rings (SSSR count). The zero-order valence-corrected chi connectivity index (χ0v) is 4.37. The minimum Gasteiger partial charge on any atom is -0.299 e. The van der Waals surface area contributed by atoms with Crippen molar-refractivity contribution in [1.82, 2.24) is 0 Å². The van der Waals surface area contributed by atoms with E-state index in [0.29, 0.717) is 0 Å². The Kier molecular flexibility index (Phi) is 3.56. The van der Waals surface area contributed by atoms with Gasteiger partial charge in [-0.15, -0.1) is 0 Å². The maximum Gasteiger partial charge on any atom is 0.142 e. The third-order valence-corrected chi connectivity index (χ3v) is 0.435. The molecule has 2 nitrogen and oxygen atoms in total. The largest absolute Gasteiger partial charge is 0.299 e. The van der Waals surface area contributed by atoms with Gasteiger partial charge in [0, 0.05) is 17.1 Å². The maximum absolute atomic E-state index is 4.30. The van der Waals surface area contributed by atoms with Crippen LogP contribution in [-0.2, 0) is 26.8 Å². The van der Waals surface area contributed by atoms with Crippen LogP contribution in [0.2, 0.25) is 0 Å². The molecule has 43 valence electrons. The third kappa shape index (κ3) is 2.31. The van der Waals surface area contributed by atoms with Gasteiger partial charge in [-0.25, -0.2) is 0 Å². The summed E-state index contributed by atoms with van der Waals surface area (Å²) in [4.78, 5) is 8.60. The van der Waals surface area contributed by atoms with E-state index in [4.69, 9.17) is 0 Å². The van der Waals surface area contributed by atoms with Gasteiger partial charge in [-0.3, -0.25) is 9.78 Å². The Morgan fingerprint density at radius 3 is 1.43 bits per heavy atom. The summed E-state index contributed by atoms with van der Waals surface area (Å²) in [6.45, 7) is 0. The number of hydrogen-bond acceptors (Lipinski definition) is 2. The smallest absolute Gasteiger partial charge is 0.142 e. The molecule has 0 saturated carbocycles. The Hall–Kier alpha value is -0.401. The van der Waals surface area contributed by atoms with Crippen molar-refractivity contribution in [3.8, 4) is 0 Å². The third-order valence-electron chi connectivity index (χ3n) is 0.435. The first kappa shape index (κ1) is 6.60. The van der Waals surface area contributed by atoms with Crippen LogP contribution in [-0.4, -0.2) is 0 Å². The van der Waals surface area contributed by atoms with Gasteiger partial charge < -0.3 is 0 Å². The van der Waals surface area contributed by atoms with Crippen molar-refractivity contribution in [2.24, 2.45) is 0 Å². The molecule has 3 heteroatoms. The van der Waals surface area contributed by atoms with Gasteiger partial charge in [0.2, 0.25) is 0 Å². The van der Waals surface area contributed by atoms with Crippen molar-refractivity contribution in [1.29, 1.82) is 0 Å². The van der Waals surface area contributed by atoms with Crippen molar-refractivity contribution in [3.63, 3.8) is 0 Å². The molecular formula is C4H4CuO2. The summed E-state index contributed by atoms with van der Waals surface area (Å²) in [5, 5.41) is 0. The molecule has 0 amide bonds. The van der Waals surface area contributed by atoms with E-state index in [0.717, 1.165) is 0 Å². The fourth-order valence-corrected chi connectivity index (χ4v) is 0.219. The quantitative estimate of drug-likeness (QED) is 0.376. The molecule has 0 aromatic carbocycles. The topological polar surface area (TPSA) is 18.5 Å². The van der Waals surface area contributed by atoms with Crippen LogP contribution in [0.25, 0.3) is 0 Å². The number of allylic oxidation sites excluding steroid dienone is 2. The molecule has 7 heavy (non-hydrogen) atoms. The van der Waals surface area contributed by atoms with Crippen LogP contribution < -0.4 is 0 Å². The molecule has 1 aliphatic heterocycles. The molecule has 0 aliphatic carbocycles. The molecule has 0 unspecified atom stereocenters. The predicted molar refractivity (Wildman–Crippen MR) is 20.4 cm³/mol. The maximum atomic E-state index is 4.30. The zero-order chi connectivity index (χ0) is 4.24. The second-order valence-corrected chi connectivity index (χ2v) is 0.850. The van der Waals surface area contributed by atoms with Gasteiger partial charge in [-0.2, -0.15) is 0 Å². The number of hydrogen-bond donors (Lipinski definition) is 0. The average molecular weight is 148 g/mol.